The number of aromatic amines is 2. The van der Waals surface area contributed by atoms with E-state index < -0.39 is 18.4 Å². The smallest absolute Gasteiger partial charge is 0.282 e. The second kappa shape index (κ2) is 8.74. The fourth-order valence-electron chi connectivity index (χ4n) is 3.71. The number of hydrogen-bond donors (Lipinski definition) is 3. The van der Waals surface area contributed by atoms with Crippen molar-refractivity contribution in [2.75, 3.05) is 0 Å². The fourth-order valence-corrected chi connectivity index (χ4v) is 3.71. The number of alkyl halides is 2. The van der Waals surface area contributed by atoms with Crippen molar-refractivity contribution in [3.63, 3.8) is 0 Å². The van der Waals surface area contributed by atoms with Crippen LogP contribution in [0.15, 0.2) is 47.4 Å². The first-order valence-electron chi connectivity index (χ1n) is 10.0. The van der Waals surface area contributed by atoms with Crippen LogP contribution >= 0.6 is 0 Å². The van der Waals surface area contributed by atoms with E-state index in [0.717, 1.165) is 16.5 Å². The van der Waals surface area contributed by atoms with Crippen LogP contribution in [0.2, 0.25) is 0 Å². The number of H-pyrrole nitrogens is 2. The van der Waals surface area contributed by atoms with Gasteiger partial charge in [-0.05, 0) is 31.5 Å². The molecular weight excluding hydrogens is 418 g/mol. The number of carbonyl (C=O) groups is 1. The van der Waals surface area contributed by atoms with Crippen molar-refractivity contribution in [1.29, 1.82) is 0 Å². The van der Waals surface area contributed by atoms with E-state index in [9.17, 15) is 18.4 Å². The van der Waals surface area contributed by atoms with Gasteiger partial charge < -0.3 is 15.3 Å². The summed E-state index contributed by atoms with van der Waals surface area (Å²) in [6, 6.07) is 9.75. The highest BCUT2D eigenvalue weighted by Gasteiger charge is 2.21. The molecule has 0 radical (unpaired) electrons. The molecule has 1 amide bonds. The summed E-state index contributed by atoms with van der Waals surface area (Å²) in [5, 5.41) is 7.69. The fraction of sp³-hybridized carbons (Fsp3) is 0.273. The van der Waals surface area contributed by atoms with E-state index in [-0.39, 0.29) is 17.8 Å². The van der Waals surface area contributed by atoms with Crippen LogP contribution in [-0.2, 0) is 17.8 Å². The second-order valence-corrected chi connectivity index (χ2v) is 7.61. The third-order valence-corrected chi connectivity index (χ3v) is 5.19. The molecule has 0 aliphatic carbocycles. The van der Waals surface area contributed by atoms with Crippen molar-refractivity contribution in [2.24, 2.45) is 0 Å². The molecule has 1 aromatic carbocycles. The van der Waals surface area contributed by atoms with Crippen molar-refractivity contribution >= 4 is 16.8 Å². The molecule has 4 aromatic rings. The third kappa shape index (κ3) is 4.58. The molecule has 0 spiro atoms. The number of nitrogens with one attached hydrogen (secondary N) is 3. The third-order valence-electron chi connectivity index (χ3n) is 5.19. The Hall–Kier alpha value is -3.82. The number of aryl methyl sites for hydroxylation is 2. The number of nitrogens with zero attached hydrogens (tertiary/aromatic N) is 3. The minimum atomic E-state index is -2.71. The first-order valence-corrected chi connectivity index (χ1v) is 10.0. The maximum Gasteiger partial charge on any atom is 0.282 e. The van der Waals surface area contributed by atoms with Crippen LogP contribution < -0.4 is 10.9 Å². The molecule has 166 valence electrons. The lowest BCUT2D eigenvalue weighted by Gasteiger charge is -2.19. The molecule has 0 unspecified atom stereocenters. The van der Waals surface area contributed by atoms with E-state index in [0.29, 0.717) is 23.6 Å². The molecule has 0 aliphatic rings. The molecule has 0 aliphatic heterocycles. The number of hydrogen-bond acceptors (Lipinski definition) is 4. The molecule has 10 heteroatoms. The number of benzene rings is 1. The van der Waals surface area contributed by atoms with Gasteiger partial charge in [0.25, 0.3) is 12.0 Å². The van der Waals surface area contributed by atoms with Gasteiger partial charge in [0, 0.05) is 35.3 Å². The quantitative estimate of drug-likeness (QED) is 0.410. The monoisotopic (exact) mass is 440 g/mol. The minimum Gasteiger partial charge on any atom is -0.361 e. The Morgan fingerprint density at radius 1 is 1.19 bits per heavy atom. The maximum atomic E-state index is 12.9. The van der Waals surface area contributed by atoms with Gasteiger partial charge in [-0.25, -0.2) is 13.8 Å². The van der Waals surface area contributed by atoms with Crippen LogP contribution in [0.4, 0.5) is 8.78 Å². The zero-order valence-corrected chi connectivity index (χ0v) is 17.5. The second-order valence-electron chi connectivity index (χ2n) is 7.61. The minimum absolute atomic E-state index is 0.231. The van der Waals surface area contributed by atoms with Gasteiger partial charge in [0.15, 0.2) is 0 Å². The molecule has 3 aromatic heterocycles. The van der Waals surface area contributed by atoms with Crippen LogP contribution in [0.25, 0.3) is 10.9 Å². The van der Waals surface area contributed by atoms with E-state index >= 15 is 0 Å². The van der Waals surface area contributed by atoms with Gasteiger partial charge in [-0.15, -0.1) is 0 Å². The van der Waals surface area contributed by atoms with E-state index in [2.05, 4.69) is 25.4 Å². The maximum absolute atomic E-state index is 12.9. The lowest BCUT2D eigenvalue weighted by atomic mass is 10.0. The number of para-hydroxylation sites is 1. The van der Waals surface area contributed by atoms with Crippen LogP contribution in [0, 0.1) is 13.8 Å². The summed E-state index contributed by atoms with van der Waals surface area (Å²) in [5.74, 6) is -0.00300. The SMILES string of the molecule is Cc1nc([C@@H](Cc2c[nH]c3ccccc23)NC(=O)Cn2nc(C(F)F)cc2C)cc(=O)[nH]1. The summed E-state index contributed by atoms with van der Waals surface area (Å²) in [6.45, 7) is 3.04. The summed E-state index contributed by atoms with van der Waals surface area (Å²) < 4.78 is 27.1. The van der Waals surface area contributed by atoms with Crippen molar-refractivity contribution < 1.29 is 13.6 Å². The summed E-state index contributed by atoms with van der Waals surface area (Å²) >= 11 is 0. The van der Waals surface area contributed by atoms with Crippen molar-refractivity contribution in [3.8, 4) is 0 Å². The molecule has 3 N–H and O–H groups in total. The van der Waals surface area contributed by atoms with Crippen LogP contribution in [0.3, 0.4) is 0 Å². The molecule has 4 rings (SSSR count). The Kier molecular flexibility index (Phi) is 5.85. The van der Waals surface area contributed by atoms with Crippen molar-refractivity contribution in [2.45, 2.75) is 39.3 Å². The largest absolute Gasteiger partial charge is 0.361 e. The first-order chi connectivity index (χ1) is 15.3. The number of amides is 1. The lowest BCUT2D eigenvalue weighted by Crippen LogP contribution is -2.34. The standard InChI is InChI=1S/C22H22F2N6O2/c1-12-7-19(22(23)24)29-30(12)11-21(32)28-17(18-9-20(31)27-13(2)26-18)8-14-10-25-16-6-4-3-5-15(14)16/h3-7,9-10,17,22,25H,8,11H2,1-2H3,(H,28,32)(H,26,27,31)/t17-/m1/s1. The van der Waals surface area contributed by atoms with Gasteiger partial charge in [-0.2, -0.15) is 5.10 Å². The van der Waals surface area contributed by atoms with E-state index in [1.165, 1.54) is 16.8 Å². The van der Waals surface area contributed by atoms with Crippen molar-refractivity contribution in [1.82, 2.24) is 30.0 Å². The van der Waals surface area contributed by atoms with Gasteiger partial charge in [0.05, 0.1) is 11.7 Å². The predicted molar refractivity (Wildman–Crippen MR) is 114 cm³/mol. The molecule has 3 heterocycles. The zero-order valence-electron chi connectivity index (χ0n) is 17.5. The molecule has 0 saturated heterocycles. The van der Waals surface area contributed by atoms with Gasteiger partial charge in [0.2, 0.25) is 5.91 Å². The summed E-state index contributed by atoms with van der Waals surface area (Å²) in [6.07, 6.45) is -0.474. The number of rotatable bonds is 7. The first kappa shape index (κ1) is 21.4. The van der Waals surface area contributed by atoms with E-state index in [1.54, 1.807) is 13.8 Å². The van der Waals surface area contributed by atoms with E-state index in [4.69, 9.17) is 0 Å². The Bertz CT molecular complexity index is 1320. The summed E-state index contributed by atoms with van der Waals surface area (Å²) in [5.41, 5.74) is 2.06. The topological polar surface area (TPSA) is 108 Å². The normalized spacial score (nSPS) is 12.4. The van der Waals surface area contributed by atoms with Crippen LogP contribution in [-0.4, -0.2) is 30.6 Å². The van der Waals surface area contributed by atoms with Crippen molar-refractivity contribution in [3.05, 3.63) is 81.4 Å². The average Bonchev–Trinajstić information content (AvgIpc) is 3.31. The Balaban J connectivity index is 1.61. The van der Waals surface area contributed by atoms with E-state index in [1.807, 2.05) is 30.5 Å². The lowest BCUT2D eigenvalue weighted by molar-refractivity contribution is -0.122. The zero-order chi connectivity index (χ0) is 22.8. The summed E-state index contributed by atoms with van der Waals surface area (Å²) in [4.78, 5) is 35.0. The predicted octanol–water partition coefficient (Wildman–Crippen LogP) is 3.10. The van der Waals surface area contributed by atoms with Gasteiger partial charge in [-0.1, -0.05) is 18.2 Å². The molecule has 0 fully saturated rings. The highest BCUT2D eigenvalue weighted by atomic mass is 19.3. The molecular formula is C22H22F2N6O2. The Labute approximate surface area is 181 Å². The highest BCUT2D eigenvalue weighted by molar-refractivity contribution is 5.83. The average molecular weight is 440 g/mol. The van der Waals surface area contributed by atoms with Gasteiger partial charge >= 0.3 is 0 Å². The Morgan fingerprint density at radius 3 is 2.69 bits per heavy atom. The molecule has 0 bridgehead atoms. The highest BCUT2D eigenvalue weighted by Crippen LogP contribution is 2.24. The molecule has 0 saturated carbocycles. The van der Waals surface area contributed by atoms with Gasteiger partial charge in [0.1, 0.15) is 18.1 Å². The molecule has 32 heavy (non-hydrogen) atoms. The molecule has 8 nitrogen and oxygen atoms in total. The number of fused-ring (bicyclic) bond motifs is 1. The Morgan fingerprint density at radius 2 is 1.97 bits per heavy atom. The number of aromatic nitrogens is 5. The van der Waals surface area contributed by atoms with Gasteiger partial charge in [-0.3, -0.25) is 14.3 Å². The molecule has 1 atom stereocenters. The number of halogens is 2. The van der Waals surface area contributed by atoms with Crippen LogP contribution in [0.5, 0.6) is 0 Å². The summed E-state index contributed by atoms with van der Waals surface area (Å²) in [7, 11) is 0. The van der Waals surface area contributed by atoms with Crippen LogP contribution in [0.1, 0.15) is 40.9 Å². The number of carbonyl (C=O) groups excluding carboxylic acids is 1.